The molecule has 0 unspecified atom stereocenters. The normalized spacial score (nSPS) is 16.7. The van der Waals surface area contributed by atoms with Crippen LogP contribution in [0.15, 0.2) is 6.20 Å². The summed E-state index contributed by atoms with van der Waals surface area (Å²) in [6.45, 7) is 2.54. The summed E-state index contributed by atoms with van der Waals surface area (Å²) in [5.41, 5.74) is 1.14. The van der Waals surface area contributed by atoms with E-state index in [-0.39, 0.29) is 0 Å². The van der Waals surface area contributed by atoms with Crippen molar-refractivity contribution in [1.82, 2.24) is 34.7 Å². The Bertz CT molecular complexity index is 777. The molecule has 0 aromatic carbocycles. The van der Waals surface area contributed by atoms with Crippen LogP contribution in [0.4, 0.5) is 17.8 Å². The van der Waals surface area contributed by atoms with Crippen LogP contribution in [0.1, 0.15) is 43.1 Å². The van der Waals surface area contributed by atoms with Gasteiger partial charge in [-0.3, -0.25) is 5.32 Å². The molecule has 2 heterocycles. The number of anilines is 3. The van der Waals surface area contributed by atoms with Gasteiger partial charge in [-0.1, -0.05) is 0 Å². The van der Waals surface area contributed by atoms with Gasteiger partial charge < -0.3 is 20.1 Å². The lowest BCUT2D eigenvalue weighted by molar-refractivity contribution is 0.425. The highest BCUT2D eigenvalue weighted by molar-refractivity contribution is 5.47. The number of nitrogens with zero attached hydrogens (tertiary/aromatic N) is 6. The van der Waals surface area contributed by atoms with Crippen molar-refractivity contribution in [1.29, 1.82) is 0 Å². The van der Waals surface area contributed by atoms with Gasteiger partial charge in [0.2, 0.25) is 17.8 Å². The van der Waals surface area contributed by atoms with Gasteiger partial charge in [-0.25, -0.2) is 4.98 Å². The molecule has 0 atom stereocenters. The van der Waals surface area contributed by atoms with Gasteiger partial charge in [-0.15, -0.1) is 0 Å². The standard InChI is InChI=1S/C18H29N9/c1-26(2)9-8-19-16-22-15(12-4-5-12)23-17(24-16)25-18-21-11-14(27(18)3)10-20-13-6-7-13/h11-13,20H,4-10H2,1-3H3,(H2,19,21,22,23,24,25). The van der Waals surface area contributed by atoms with Gasteiger partial charge in [0.15, 0.2) is 0 Å². The van der Waals surface area contributed by atoms with Gasteiger partial charge in [0.05, 0.1) is 11.9 Å². The summed E-state index contributed by atoms with van der Waals surface area (Å²) in [6, 6.07) is 0.678. The molecule has 9 nitrogen and oxygen atoms in total. The zero-order valence-corrected chi connectivity index (χ0v) is 16.4. The fourth-order valence-electron chi connectivity index (χ4n) is 2.80. The maximum Gasteiger partial charge on any atom is 0.234 e. The van der Waals surface area contributed by atoms with E-state index >= 15 is 0 Å². The number of likely N-dealkylation sites (N-methyl/N-ethyl adjacent to an activating group) is 1. The van der Waals surface area contributed by atoms with Gasteiger partial charge in [-0.2, -0.15) is 15.0 Å². The molecule has 9 heteroatoms. The predicted molar refractivity (Wildman–Crippen MR) is 105 cm³/mol. The van der Waals surface area contributed by atoms with E-state index in [1.807, 2.05) is 13.2 Å². The van der Waals surface area contributed by atoms with E-state index in [0.29, 0.717) is 23.9 Å². The summed E-state index contributed by atoms with van der Waals surface area (Å²) in [5.74, 6) is 3.25. The first-order valence-electron chi connectivity index (χ1n) is 9.74. The minimum Gasteiger partial charge on any atom is -0.353 e. The summed E-state index contributed by atoms with van der Waals surface area (Å²) in [4.78, 5) is 20.4. The van der Waals surface area contributed by atoms with Crippen molar-refractivity contribution in [3.8, 4) is 0 Å². The van der Waals surface area contributed by atoms with Crippen molar-refractivity contribution < 1.29 is 0 Å². The largest absolute Gasteiger partial charge is 0.353 e. The van der Waals surface area contributed by atoms with Gasteiger partial charge in [0, 0.05) is 38.6 Å². The first-order chi connectivity index (χ1) is 13.1. The third-order valence-corrected chi connectivity index (χ3v) is 4.89. The molecule has 2 aliphatic rings. The second-order valence-corrected chi connectivity index (χ2v) is 7.76. The summed E-state index contributed by atoms with van der Waals surface area (Å²) in [6.07, 6.45) is 6.76. The van der Waals surface area contributed by atoms with Crippen LogP contribution in [-0.2, 0) is 13.6 Å². The van der Waals surface area contributed by atoms with E-state index in [1.165, 1.54) is 12.8 Å². The Hall–Kier alpha value is -2.26. The lowest BCUT2D eigenvalue weighted by atomic mass is 10.4. The third-order valence-electron chi connectivity index (χ3n) is 4.89. The lowest BCUT2D eigenvalue weighted by Gasteiger charge is -2.12. The van der Waals surface area contributed by atoms with Gasteiger partial charge in [-0.05, 0) is 39.8 Å². The molecular weight excluding hydrogens is 342 g/mol. The second-order valence-electron chi connectivity index (χ2n) is 7.76. The number of aromatic nitrogens is 5. The summed E-state index contributed by atoms with van der Waals surface area (Å²) in [7, 11) is 6.11. The molecule has 27 heavy (non-hydrogen) atoms. The topological polar surface area (TPSA) is 95.8 Å². The molecule has 0 bridgehead atoms. The van der Waals surface area contributed by atoms with Crippen molar-refractivity contribution in [2.24, 2.45) is 7.05 Å². The third kappa shape index (κ3) is 4.92. The maximum absolute atomic E-state index is 4.62. The SMILES string of the molecule is CN(C)CCNc1nc(Nc2ncc(CNC3CC3)n2C)nc(C2CC2)n1. The van der Waals surface area contributed by atoms with E-state index in [2.05, 4.69) is 59.4 Å². The first-order valence-corrected chi connectivity index (χ1v) is 9.74. The molecule has 3 N–H and O–H groups in total. The van der Waals surface area contributed by atoms with Crippen molar-refractivity contribution in [3.05, 3.63) is 17.7 Å². The quantitative estimate of drug-likeness (QED) is 0.578. The molecular formula is C18H29N9. The highest BCUT2D eigenvalue weighted by Gasteiger charge is 2.28. The molecule has 146 valence electrons. The molecule has 2 saturated carbocycles. The number of imidazole rings is 1. The molecule has 4 rings (SSSR count). The van der Waals surface area contributed by atoms with Crippen molar-refractivity contribution >= 4 is 17.8 Å². The molecule has 0 aliphatic heterocycles. The highest BCUT2D eigenvalue weighted by atomic mass is 15.3. The minimum atomic E-state index is 0.461. The predicted octanol–water partition coefficient (Wildman–Crippen LogP) is 1.45. The molecule has 0 amide bonds. The molecule has 2 aromatic heterocycles. The number of nitrogens with one attached hydrogen (secondary N) is 3. The average Bonchev–Trinajstić information content (AvgIpc) is 3.54. The van der Waals surface area contributed by atoms with Gasteiger partial charge in [0.1, 0.15) is 5.82 Å². The Morgan fingerprint density at radius 3 is 2.59 bits per heavy atom. The fraction of sp³-hybridized carbons (Fsp3) is 0.667. The van der Waals surface area contributed by atoms with Crippen LogP contribution >= 0.6 is 0 Å². The highest BCUT2D eigenvalue weighted by Crippen LogP contribution is 2.38. The first kappa shape index (κ1) is 18.1. The molecule has 2 fully saturated rings. The molecule has 0 saturated heterocycles. The van der Waals surface area contributed by atoms with Gasteiger partial charge >= 0.3 is 0 Å². The van der Waals surface area contributed by atoms with Crippen LogP contribution in [0.25, 0.3) is 0 Å². The number of hydrogen-bond acceptors (Lipinski definition) is 8. The smallest absolute Gasteiger partial charge is 0.234 e. The summed E-state index contributed by atoms with van der Waals surface area (Å²) < 4.78 is 2.05. The van der Waals surface area contributed by atoms with E-state index in [9.17, 15) is 0 Å². The van der Waals surface area contributed by atoms with Crippen molar-refractivity contribution in [2.75, 3.05) is 37.8 Å². The molecule has 0 radical (unpaired) electrons. The van der Waals surface area contributed by atoms with Crippen molar-refractivity contribution in [2.45, 2.75) is 44.2 Å². The average molecular weight is 371 g/mol. The van der Waals surface area contributed by atoms with Crippen LogP contribution in [-0.4, -0.2) is 62.6 Å². The second kappa shape index (κ2) is 7.77. The molecule has 0 spiro atoms. The fourth-order valence-corrected chi connectivity index (χ4v) is 2.80. The Morgan fingerprint density at radius 2 is 1.89 bits per heavy atom. The minimum absolute atomic E-state index is 0.461. The van der Waals surface area contributed by atoms with E-state index in [4.69, 9.17) is 0 Å². The van der Waals surface area contributed by atoms with Crippen LogP contribution < -0.4 is 16.0 Å². The maximum atomic E-state index is 4.62. The van der Waals surface area contributed by atoms with Crippen LogP contribution in [0.5, 0.6) is 0 Å². The molecule has 2 aliphatic carbocycles. The molecule has 2 aromatic rings. The Morgan fingerprint density at radius 1 is 1.11 bits per heavy atom. The lowest BCUT2D eigenvalue weighted by Crippen LogP contribution is -2.22. The van der Waals surface area contributed by atoms with Crippen LogP contribution in [0.2, 0.25) is 0 Å². The summed E-state index contributed by atoms with van der Waals surface area (Å²) >= 11 is 0. The van der Waals surface area contributed by atoms with E-state index in [1.54, 1.807) is 0 Å². The Kier molecular flexibility index (Phi) is 5.22. The van der Waals surface area contributed by atoms with Gasteiger partial charge in [0.25, 0.3) is 0 Å². The van der Waals surface area contributed by atoms with E-state index < -0.39 is 0 Å². The van der Waals surface area contributed by atoms with Crippen molar-refractivity contribution in [3.63, 3.8) is 0 Å². The Labute approximate surface area is 160 Å². The Balaban J connectivity index is 1.46. The zero-order chi connectivity index (χ0) is 18.8. The van der Waals surface area contributed by atoms with Crippen LogP contribution in [0.3, 0.4) is 0 Å². The van der Waals surface area contributed by atoms with Crippen LogP contribution in [0, 0.1) is 0 Å². The number of rotatable bonds is 10. The monoisotopic (exact) mass is 371 g/mol. The number of hydrogen-bond donors (Lipinski definition) is 3. The summed E-state index contributed by atoms with van der Waals surface area (Å²) in [5, 5.41) is 10.1. The zero-order valence-electron chi connectivity index (χ0n) is 16.4. The van der Waals surface area contributed by atoms with E-state index in [0.717, 1.165) is 49.9 Å².